The molecule has 1 saturated carbocycles. The number of anilines is 1. The minimum atomic E-state index is 0.401. The standard InChI is InChI=1S/C16H23N3O2/c1-2-4-11-9-13(11)19-16(17)18-12-5-6-14-15(10-12)21-8-3-7-20-14/h5-6,10-11,13H,2-4,7-9H2,1H3,(H3,17,18,19)/t11-,13-/m1/s1. The van der Waals surface area contributed by atoms with Gasteiger partial charge in [0.05, 0.1) is 19.3 Å². The van der Waals surface area contributed by atoms with Gasteiger partial charge in [-0.05, 0) is 30.9 Å². The van der Waals surface area contributed by atoms with Crippen LogP contribution in [-0.2, 0) is 0 Å². The van der Waals surface area contributed by atoms with Gasteiger partial charge in [-0.15, -0.1) is 0 Å². The maximum absolute atomic E-state index is 5.98. The van der Waals surface area contributed by atoms with Crippen molar-refractivity contribution in [1.82, 2.24) is 0 Å². The Kier molecular flexibility index (Phi) is 4.18. The third-order valence-electron chi connectivity index (χ3n) is 3.87. The van der Waals surface area contributed by atoms with Gasteiger partial charge in [-0.3, -0.25) is 0 Å². The van der Waals surface area contributed by atoms with E-state index in [0.717, 1.165) is 35.9 Å². The summed E-state index contributed by atoms with van der Waals surface area (Å²) in [5, 5.41) is 3.14. The molecule has 0 aromatic heterocycles. The molecule has 1 heterocycles. The first-order valence-electron chi connectivity index (χ1n) is 7.76. The Balaban J connectivity index is 1.62. The van der Waals surface area contributed by atoms with E-state index in [1.54, 1.807) is 0 Å². The van der Waals surface area contributed by atoms with Crippen molar-refractivity contribution in [3.05, 3.63) is 18.2 Å². The molecule has 0 amide bonds. The number of nitrogens with two attached hydrogens (primary N) is 1. The zero-order valence-corrected chi connectivity index (χ0v) is 12.5. The smallest absolute Gasteiger partial charge is 0.193 e. The number of guanidine groups is 1. The van der Waals surface area contributed by atoms with Crippen molar-refractivity contribution < 1.29 is 9.47 Å². The molecule has 1 fully saturated rings. The summed E-state index contributed by atoms with van der Waals surface area (Å²) in [6.07, 6.45) is 4.52. The van der Waals surface area contributed by atoms with Gasteiger partial charge in [-0.1, -0.05) is 13.3 Å². The summed E-state index contributed by atoms with van der Waals surface area (Å²) in [5.74, 6) is 2.76. The number of hydrogen-bond acceptors (Lipinski definition) is 3. The first-order valence-corrected chi connectivity index (χ1v) is 7.76. The van der Waals surface area contributed by atoms with Gasteiger partial charge >= 0.3 is 0 Å². The summed E-state index contributed by atoms with van der Waals surface area (Å²) in [4.78, 5) is 4.53. The molecule has 1 aliphatic heterocycles. The highest BCUT2D eigenvalue weighted by Gasteiger charge is 2.36. The van der Waals surface area contributed by atoms with Crippen LogP contribution < -0.4 is 20.5 Å². The second-order valence-electron chi connectivity index (χ2n) is 5.70. The fourth-order valence-corrected chi connectivity index (χ4v) is 2.67. The first kappa shape index (κ1) is 14.0. The Morgan fingerprint density at radius 1 is 1.33 bits per heavy atom. The Morgan fingerprint density at radius 3 is 2.95 bits per heavy atom. The van der Waals surface area contributed by atoms with Crippen molar-refractivity contribution in [2.75, 3.05) is 18.5 Å². The molecular weight excluding hydrogens is 266 g/mol. The van der Waals surface area contributed by atoms with E-state index < -0.39 is 0 Å². The highest BCUT2D eigenvalue weighted by molar-refractivity contribution is 5.92. The van der Waals surface area contributed by atoms with Gasteiger partial charge in [0.1, 0.15) is 0 Å². The van der Waals surface area contributed by atoms with Crippen LogP contribution in [0.1, 0.15) is 32.6 Å². The fraction of sp³-hybridized carbons (Fsp3) is 0.562. The molecular formula is C16H23N3O2. The molecule has 1 aromatic rings. The van der Waals surface area contributed by atoms with Crippen LogP contribution in [0.5, 0.6) is 11.5 Å². The molecule has 1 aromatic carbocycles. The average Bonchev–Trinajstić information content (AvgIpc) is 3.22. The van der Waals surface area contributed by atoms with Crippen molar-refractivity contribution >= 4 is 11.6 Å². The molecule has 2 aliphatic rings. The van der Waals surface area contributed by atoms with E-state index in [-0.39, 0.29) is 0 Å². The van der Waals surface area contributed by atoms with Crippen molar-refractivity contribution in [1.29, 1.82) is 0 Å². The Labute approximate surface area is 125 Å². The monoisotopic (exact) mass is 289 g/mol. The third-order valence-corrected chi connectivity index (χ3v) is 3.87. The molecule has 0 radical (unpaired) electrons. The van der Waals surface area contributed by atoms with Gasteiger partial charge in [0.25, 0.3) is 0 Å². The molecule has 3 N–H and O–H groups in total. The van der Waals surface area contributed by atoms with E-state index in [1.165, 1.54) is 12.8 Å². The number of aliphatic imine (C=N–C) groups is 1. The maximum Gasteiger partial charge on any atom is 0.193 e. The van der Waals surface area contributed by atoms with Crippen molar-refractivity contribution in [2.45, 2.75) is 38.6 Å². The van der Waals surface area contributed by atoms with Crippen LogP contribution in [0.2, 0.25) is 0 Å². The van der Waals surface area contributed by atoms with Crippen LogP contribution in [0.3, 0.4) is 0 Å². The summed E-state index contributed by atoms with van der Waals surface area (Å²) >= 11 is 0. The number of benzene rings is 1. The summed E-state index contributed by atoms with van der Waals surface area (Å²) in [6.45, 7) is 3.59. The maximum atomic E-state index is 5.98. The normalized spacial score (nSPS) is 24.3. The van der Waals surface area contributed by atoms with Gasteiger partial charge in [0, 0.05) is 18.2 Å². The van der Waals surface area contributed by atoms with Crippen LogP contribution in [-0.4, -0.2) is 25.2 Å². The molecule has 0 saturated heterocycles. The Morgan fingerprint density at radius 2 is 2.14 bits per heavy atom. The number of nitrogens with one attached hydrogen (secondary N) is 1. The van der Waals surface area contributed by atoms with E-state index >= 15 is 0 Å². The number of ether oxygens (including phenoxy) is 2. The highest BCUT2D eigenvalue weighted by Crippen LogP contribution is 2.37. The molecule has 2 atom stereocenters. The lowest BCUT2D eigenvalue weighted by atomic mass is 10.2. The molecule has 0 unspecified atom stereocenters. The van der Waals surface area contributed by atoms with E-state index in [2.05, 4.69) is 17.2 Å². The molecule has 3 rings (SSSR count). The lowest BCUT2D eigenvalue weighted by Gasteiger charge is -2.10. The van der Waals surface area contributed by atoms with Gasteiger partial charge in [0.2, 0.25) is 0 Å². The fourth-order valence-electron chi connectivity index (χ4n) is 2.67. The first-order chi connectivity index (χ1) is 10.3. The predicted molar refractivity (Wildman–Crippen MR) is 84.1 cm³/mol. The van der Waals surface area contributed by atoms with Gasteiger partial charge in [-0.2, -0.15) is 0 Å². The quantitative estimate of drug-likeness (QED) is 0.660. The van der Waals surface area contributed by atoms with Crippen LogP contribution >= 0.6 is 0 Å². The molecule has 114 valence electrons. The van der Waals surface area contributed by atoms with E-state index in [1.807, 2.05) is 18.2 Å². The topological polar surface area (TPSA) is 68.9 Å². The average molecular weight is 289 g/mol. The van der Waals surface area contributed by atoms with Crippen LogP contribution in [0, 0.1) is 5.92 Å². The van der Waals surface area contributed by atoms with Gasteiger partial charge in [0.15, 0.2) is 17.5 Å². The lowest BCUT2D eigenvalue weighted by molar-refractivity contribution is 0.297. The summed E-state index contributed by atoms with van der Waals surface area (Å²) in [5.41, 5.74) is 6.86. The molecule has 21 heavy (non-hydrogen) atoms. The minimum Gasteiger partial charge on any atom is -0.490 e. The van der Waals surface area contributed by atoms with E-state index in [9.17, 15) is 0 Å². The summed E-state index contributed by atoms with van der Waals surface area (Å²) in [7, 11) is 0. The molecule has 5 nitrogen and oxygen atoms in total. The van der Waals surface area contributed by atoms with Gasteiger partial charge < -0.3 is 20.5 Å². The predicted octanol–water partition coefficient (Wildman–Crippen LogP) is 2.76. The summed E-state index contributed by atoms with van der Waals surface area (Å²) in [6, 6.07) is 6.16. The highest BCUT2D eigenvalue weighted by atomic mass is 16.5. The summed E-state index contributed by atoms with van der Waals surface area (Å²) < 4.78 is 11.3. The van der Waals surface area contributed by atoms with Crippen molar-refractivity contribution in [2.24, 2.45) is 16.6 Å². The second-order valence-corrected chi connectivity index (χ2v) is 5.70. The van der Waals surface area contributed by atoms with Crippen LogP contribution in [0.15, 0.2) is 23.2 Å². The van der Waals surface area contributed by atoms with Crippen LogP contribution in [0.4, 0.5) is 5.69 Å². The zero-order chi connectivity index (χ0) is 14.7. The zero-order valence-electron chi connectivity index (χ0n) is 12.5. The molecule has 0 spiro atoms. The molecule has 5 heteroatoms. The Hall–Kier alpha value is -1.91. The Bertz CT molecular complexity index is 530. The minimum absolute atomic E-state index is 0.401. The number of hydrogen-bond donors (Lipinski definition) is 2. The largest absolute Gasteiger partial charge is 0.490 e. The van der Waals surface area contributed by atoms with Gasteiger partial charge in [-0.25, -0.2) is 4.99 Å². The van der Waals surface area contributed by atoms with Crippen LogP contribution in [0.25, 0.3) is 0 Å². The van der Waals surface area contributed by atoms with Crippen molar-refractivity contribution in [3.8, 4) is 11.5 Å². The lowest BCUT2D eigenvalue weighted by Crippen LogP contribution is -2.23. The van der Waals surface area contributed by atoms with Crippen molar-refractivity contribution in [3.63, 3.8) is 0 Å². The van der Waals surface area contributed by atoms with E-state index in [4.69, 9.17) is 15.2 Å². The molecule has 0 bridgehead atoms. The second kappa shape index (κ2) is 6.24. The SMILES string of the molecule is CCC[C@@H]1C[C@H]1N=C(N)Nc1ccc2c(c1)OCCCO2. The third kappa shape index (κ3) is 3.60. The molecule has 1 aliphatic carbocycles. The number of nitrogens with zero attached hydrogens (tertiary/aromatic N) is 1. The van der Waals surface area contributed by atoms with E-state index in [0.29, 0.717) is 25.2 Å². The number of rotatable bonds is 4. The number of fused-ring (bicyclic) bond motifs is 1.